The van der Waals surface area contributed by atoms with Crippen molar-refractivity contribution in [3.63, 3.8) is 0 Å². The van der Waals surface area contributed by atoms with Crippen molar-refractivity contribution in [3.05, 3.63) is 86.6 Å². The van der Waals surface area contributed by atoms with Crippen molar-refractivity contribution in [2.45, 2.75) is 39.3 Å². The molecular formula is C24H23NO3S. The van der Waals surface area contributed by atoms with Gasteiger partial charge < -0.3 is 10.0 Å². The number of thiophene rings is 1. The Kier molecular flexibility index (Phi) is 4.89. The molecule has 2 aromatic carbocycles. The first kappa shape index (κ1) is 19.6. The summed E-state index contributed by atoms with van der Waals surface area (Å²) in [5.41, 5.74) is 2.54. The third-order valence-electron chi connectivity index (χ3n) is 5.50. The molecule has 0 saturated carbocycles. The molecule has 29 heavy (non-hydrogen) atoms. The van der Waals surface area contributed by atoms with Crippen LogP contribution in [0, 0.1) is 20.8 Å². The van der Waals surface area contributed by atoms with Gasteiger partial charge in [-0.2, -0.15) is 0 Å². The van der Waals surface area contributed by atoms with Crippen molar-refractivity contribution < 1.29 is 14.7 Å². The summed E-state index contributed by atoms with van der Waals surface area (Å²) in [4.78, 5) is 29.4. The van der Waals surface area contributed by atoms with Gasteiger partial charge in [-0.15, -0.1) is 11.3 Å². The second-order valence-corrected chi connectivity index (χ2v) is 9.00. The number of Topliss-reactive ketones (excluding diaryl/α,β-unsaturated/α-hetero) is 1. The normalized spacial score (nSPS) is 18.2. The van der Waals surface area contributed by atoms with Crippen LogP contribution in [0.15, 0.2) is 54.6 Å². The molecule has 0 spiro atoms. The lowest BCUT2D eigenvalue weighted by atomic mass is 9.89. The number of rotatable bonds is 5. The molecule has 1 aliphatic rings. The molecule has 1 aliphatic heterocycles. The van der Waals surface area contributed by atoms with Crippen LogP contribution in [0.4, 0.5) is 5.69 Å². The summed E-state index contributed by atoms with van der Waals surface area (Å²) in [7, 11) is 0. The van der Waals surface area contributed by atoms with Crippen molar-refractivity contribution in [3.8, 4) is 0 Å². The summed E-state index contributed by atoms with van der Waals surface area (Å²) in [5.74, 6) is -0.663. The molecule has 1 amide bonds. The maximum absolute atomic E-state index is 13.4. The van der Waals surface area contributed by atoms with Gasteiger partial charge in [0, 0.05) is 10.4 Å². The van der Waals surface area contributed by atoms with Gasteiger partial charge in [0.15, 0.2) is 11.4 Å². The first-order valence-corrected chi connectivity index (χ1v) is 10.4. The molecule has 0 unspecified atom stereocenters. The molecule has 4 nitrogen and oxygen atoms in total. The quantitative estimate of drug-likeness (QED) is 0.627. The molecule has 148 valence electrons. The minimum atomic E-state index is -1.84. The van der Waals surface area contributed by atoms with Crippen LogP contribution in [0.3, 0.4) is 0 Å². The average Bonchev–Trinajstić information content (AvgIpc) is 3.21. The van der Waals surface area contributed by atoms with E-state index in [1.807, 2.05) is 51.1 Å². The fourth-order valence-corrected chi connectivity index (χ4v) is 4.68. The summed E-state index contributed by atoms with van der Waals surface area (Å²) in [6.07, 6.45) is -0.258. The Morgan fingerprint density at radius 3 is 2.55 bits per heavy atom. The average molecular weight is 406 g/mol. The van der Waals surface area contributed by atoms with Gasteiger partial charge in [0.1, 0.15) is 0 Å². The number of fused-ring (bicyclic) bond motifs is 1. The SMILES string of the molecule is Cc1ccc(C)c(CN2C(=O)[C@@](O)(CC(=O)c3ccc(C)s3)c3ccccc32)c1. The van der Waals surface area contributed by atoms with Crippen molar-refractivity contribution >= 4 is 28.7 Å². The number of para-hydroxylation sites is 1. The van der Waals surface area contributed by atoms with E-state index in [0.29, 0.717) is 22.7 Å². The zero-order valence-electron chi connectivity index (χ0n) is 16.7. The van der Waals surface area contributed by atoms with Gasteiger partial charge in [0.05, 0.1) is 23.5 Å². The van der Waals surface area contributed by atoms with Crippen molar-refractivity contribution in [1.82, 2.24) is 0 Å². The minimum absolute atomic E-state index is 0.220. The lowest BCUT2D eigenvalue weighted by Gasteiger charge is -2.23. The lowest BCUT2D eigenvalue weighted by Crippen LogP contribution is -2.41. The maximum Gasteiger partial charge on any atom is 0.264 e. The number of benzene rings is 2. The highest BCUT2D eigenvalue weighted by atomic mass is 32.1. The molecule has 0 aliphatic carbocycles. The van der Waals surface area contributed by atoms with Crippen LogP contribution in [0.5, 0.6) is 0 Å². The van der Waals surface area contributed by atoms with E-state index in [0.717, 1.165) is 21.6 Å². The highest BCUT2D eigenvalue weighted by Crippen LogP contribution is 2.44. The summed E-state index contributed by atoms with van der Waals surface area (Å²) in [5, 5.41) is 11.4. The predicted octanol–water partition coefficient (Wildman–Crippen LogP) is 4.68. The summed E-state index contributed by atoms with van der Waals surface area (Å²) in [6.45, 7) is 6.31. The number of ketones is 1. The third-order valence-corrected chi connectivity index (χ3v) is 6.55. The monoisotopic (exact) mass is 405 g/mol. The summed E-state index contributed by atoms with van der Waals surface area (Å²) >= 11 is 1.38. The highest BCUT2D eigenvalue weighted by Gasteiger charge is 2.50. The highest BCUT2D eigenvalue weighted by molar-refractivity contribution is 7.14. The van der Waals surface area contributed by atoms with Gasteiger partial charge in [-0.05, 0) is 50.1 Å². The molecule has 4 rings (SSSR count). The Hall–Kier alpha value is -2.76. The fraction of sp³-hybridized carbons (Fsp3) is 0.250. The Labute approximate surface area is 174 Å². The minimum Gasteiger partial charge on any atom is -0.375 e. The Bertz CT molecular complexity index is 1120. The van der Waals surface area contributed by atoms with Crippen LogP contribution in [-0.4, -0.2) is 16.8 Å². The molecule has 0 bridgehead atoms. The second-order valence-electron chi connectivity index (χ2n) is 7.71. The molecule has 5 heteroatoms. The van der Waals surface area contributed by atoms with Crippen molar-refractivity contribution in [1.29, 1.82) is 0 Å². The number of amides is 1. The zero-order chi connectivity index (χ0) is 20.8. The van der Waals surface area contributed by atoms with Crippen molar-refractivity contribution in [2.75, 3.05) is 4.90 Å². The summed E-state index contributed by atoms with van der Waals surface area (Å²) in [6, 6.07) is 17.0. The van der Waals surface area contributed by atoms with Gasteiger partial charge in [-0.3, -0.25) is 9.59 Å². The van der Waals surface area contributed by atoms with Gasteiger partial charge in [-0.25, -0.2) is 0 Å². The van der Waals surface area contributed by atoms with E-state index < -0.39 is 11.5 Å². The number of hydrogen-bond donors (Lipinski definition) is 1. The molecule has 0 saturated heterocycles. The second kappa shape index (κ2) is 7.25. The van der Waals surface area contributed by atoms with Crippen molar-refractivity contribution in [2.24, 2.45) is 0 Å². The molecule has 3 aromatic rings. The van der Waals surface area contributed by atoms with E-state index in [2.05, 4.69) is 6.07 Å². The molecule has 2 heterocycles. The smallest absolute Gasteiger partial charge is 0.264 e. The molecule has 1 atom stereocenters. The Morgan fingerprint density at radius 2 is 1.83 bits per heavy atom. The van der Waals surface area contributed by atoms with E-state index in [-0.39, 0.29) is 12.2 Å². The van der Waals surface area contributed by atoms with Crippen LogP contribution in [-0.2, 0) is 16.9 Å². The molecule has 0 fully saturated rings. The standard InChI is InChI=1S/C24H23NO3S/c1-15-8-9-16(2)18(12-15)14-25-20-7-5-4-6-19(20)24(28,23(25)27)13-21(26)22-11-10-17(3)29-22/h4-12,28H,13-14H2,1-3H3/t24-/m1/s1. The largest absolute Gasteiger partial charge is 0.375 e. The molecular weight excluding hydrogens is 382 g/mol. The van der Waals surface area contributed by atoms with E-state index in [9.17, 15) is 14.7 Å². The van der Waals surface area contributed by atoms with Gasteiger partial charge in [-0.1, -0.05) is 42.0 Å². The van der Waals surface area contributed by atoms with Crippen LogP contribution < -0.4 is 4.90 Å². The third kappa shape index (κ3) is 3.41. The Balaban J connectivity index is 1.70. The molecule has 1 aromatic heterocycles. The number of carbonyl (C=O) groups excluding carboxylic acids is 2. The number of aryl methyl sites for hydroxylation is 3. The van der Waals surface area contributed by atoms with Crippen LogP contribution in [0.2, 0.25) is 0 Å². The summed E-state index contributed by atoms with van der Waals surface area (Å²) < 4.78 is 0. The zero-order valence-corrected chi connectivity index (χ0v) is 17.5. The van der Waals surface area contributed by atoms with Gasteiger partial charge in [0.25, 0.3) is 5.91 Å². The van der Waals surface area contributed by atoms with E-state index >= 15 is 0 Å². The first-order valence-electron chi connectivity index (χ1n) is 9.59. The molecule has 1 N–H and O–H groups in total. The van der Waals surface area contributed by atoms with Crippen LogP contribution >= 0.6 is 11.3 Å². The fourth-order valence-electron chi connectivity index (χ4n) is 3.88. The lowest BCUT2D eigenvalue weighted by molar-refractivity contribution is -0.136. The van der Waals surface area contributed by atoms with Gasteiger partial charge >= 0.3 is 0 Å². The van der Waals surface area contributed by atoms with E-state index in [1.54, 1.807) is 23.1 Å². The Morgan fingerprint density at radius 1 is 1.07 bits per heavy atom. The number of carbonyl (C=O) groups is 2. The van der Waals surface area contributed by atoms with Crippen LogP contribution in [0.1, 0.15) is 43.2 Å². The molecule has 0 radical (unpaired) electrons. The maximum atomic E-state index is 13.4. The number of hydrogen-bond acceptors (Lipinski definition) is 4. The van der Waals surface area contributed by atoms with Crippen LogP contribution in [0.25, 0.3) is 0 Å². The topological polar surface area (TPSA) is 57.6 Å². The number of nitrogens with zero attached hydrogens (tertiary/aromatic N) is 1. The van der Waals surface area contributed by atoms with Gasteiger partial charge in [0.2, 0.25) is 0 Å². The first-order chi connectivity index (χ1) is 13.8. The predicted molar refractivity (Wildman–Crippen MR) is 115 cm³/mol. The number of anilines is 1. The number of aliphatic hydroxyl groups is 1. The van der Waals surface area contributed by atoms with E-state index in [1.165, 1.54) is 11.3 Å². The van der Waals surface area contributed by atoms with E-state index in [4.69, 9.17) is 0 Å².